The predicted octanol–water partition coefficient (Wildman–Crippen LogP) is 5.49. The Morgan fingerprint density at radius 2 is 1.65 bits per heavy atom. The summed E-state index contributed by atoms with van der Waals surface area (Å²) in [6.07, 6.45) is 7.09. The van der Waals surface area contributed by atoms with Crippen LogP contribution in [0.5, 0.6) is 0 Å². The summed E-state index contributed by atoms with van der Waals surface area (Å²) in [5.41, 5.74) is 6.04. The summed E-state index contributed by atoms with van der Waals surface area (Å²) in [5.74, 6) is 0.285. The first kappa shape index (κ1) is 24.0. The third kappa shape index (κ3) is 4.59. The number of rotatable bonds is 5. The summed E-state index contributed by atoms with van der Waals surface area (Å²) in [7, 11) is 0. The molecule has 6 nitrogen and oxygen atoms in total. The Morgan fingerprint density at radius 1 is 1.00 bits per heavy atom. The zero-order valence-corrected chi connectivity index (χ0v) is 21.7. The fraction of sp³-hybridized carbons (Fsp3) is 0.367. The number of imidazole rings is 1. The molecule has 0 aliphatic heterocycles. The lowest BCUT2D eigenvalue weighted by molar-refractivity contribution is 0.0919. The molecule has 6 rings (SSSR count). The molecule has 2 heterocycles. The fourth-order valence-electron chi connectivity index (χ4n) is 6.23. The van der Waals surface area contributed by atoms with Crippen molar-refractivity contribution >= 4 is 28.5 Å². The number of nitrogens with zero attached hydrogens (tertiary/aromatic N) is 3. The normalized spacial score (nSPS) is 19.7. The Morgan fingerprint density at radius 3 is 2.35 bits per heavy atom. The van der Waals surface area contributed by atoms with E-state index in [1.807, 2.05) is 28.2 Å². The number of carbonyl (C=O) groups is 1. The van der Waals surface area contributed by atoms with E-state index in [2.05, 4.69) is 46.7 Å². The van der Waals surface area contributed by atoms with Gasteiger partial charge < -0.3 is 5.32 Å². The summed E-state index contributed by atoms with van der Waals surface area (Å²) < 4.78 is 4.02. The number of aryl methyl sites for hydroxylation is 1. The quantitative estimate of drug-likeness (QED) is 0.383. The number of aromatic nitrogens is 3. The predicted molar refractivity (Wildman–Crippen MR) is 146 cm³/mol. The van der Waals surface area contributed by atoms with Crippen molar-refractivity contribution in [2.75, 3.05) is 0 Å². The van der Waals surface area contributed by atoms with Crippen LogP contribution in [0.15, 0.2) is 65.6 Å². The maximum absolute atomic E-state index is 13.8. The number of hydrogen-bond acceptors (Lipinski definition) is 3. The summed E-state index contributed by atoms with van der Waals surface area (Å²) in [5, 5.41) is 3.63. The number of nitrogens with one attached hydrogen (secondary N) is 1. The van der Waals surface area contributed by atoms with E-state index in [0.29, 0.717) is 28.7 Å². The zero-order chi connectivity index (χ0) is 25.5. The maximum Gasteiger partial charge on any atom is 0.329 e. The van der Waals surface area contributed by atoms with E-state index < -0.39 is 0 Å². The lowest BCUT2D eigenvalue weighted by Crippen LogP contribution is -2.39. The number of pyridine rings is 1. The molecule has 1 fully saturated rings. The minimum Gasteiger partial charge on any atom is -0.349 e. The van der Waals surface area contributed by atoms with Crippen LogP contribution >= 0.6 is 11.6 Å². The van der Waals surface area contributed by atoms with Crippen LogP contribution in [0.4, 0.5) is 0 Å². The molecule has 4 aromatic rings. The van der Waals surface area contributed by atoms with Gasteiger partial charge in [-0.15, -0.1) is 0 Å². The Bertz CT molecular complexity index is 1510. The summed E-state index contributed by atoms with van der Waals surface area (Å²) in [6, 6.07) is 18.7. The van der Waals surface area contributed by atoms with Gasteiger partial charge in [0.1, 0.15) is 0 Å². The van der Waals surface area contributed by atoms with Crippen molar-refractivity contribution in [3.05, 3.63) is 98.7 Å². The smallest absolute Gasteiger partial charge is 0.329 e. The molecule has 37 heavy (non-hydrogen) atoms. The molecule has 1 saturated carbocycles. The molecular formula is C30H31ClN4O2. The van der Waals surface area contributed by atoms with Gasteiger partial charge in [-0.3, -0.25) is 18.9 Å². The topological polar surface area (TPSA) is 68.9 Å². The Labute approximate surface area is 221 Å². The SMILES string of the molecule is Cc1ncc(Cl)cc1C(=O)N[C@H]1CC[C@H](Cn2c(=O)n(C3Cc4ccccc4C3)c3ccccc32)CC1. The second-order valence-electron chi connectivity index (χ2n) is 10.6. The maximum atomic E-state index is 13.8. The highest BCUT2D eigenvalue weighted by Gasteiger charge is 2.29. The largest absolute Gasteiger partial charge is 0.349 e. The molecule has 1 N–H and O–H groups in total. The van der Waals surface area contributed by atoms with Gasteiger partial charge in [0, 0.05) is 24.8 Å². The van der Waals surface area contributed by atoms with Crippen LogP contribution in [0.25, 0.3) is 11.0 Å². The standard InChI is InChI=1S/C30H31ClN4O2/c1-19-26(16-23(31)17-32-19)29(36)33-24-12-10-20(11-13-24)18-34-27-8-4-5-9-28(27)35(30(34)37)25-14-21-6-2-3-7-22(21)15-25/h2-9,16-17,20,24-25H,10-15,18H2,1H3,(H,33,36)/t20-,24-. The molecule has 0 unspecified atom stereocenters. The molecule has 0 saturated heterocycles. The lowest BCUT2D eigenvalue weighted by atomic mass is 9.85. The number of para-hydroxylation sites is 2. The Kier molecular flexibility index (Phi) is 6.37. The van der Waals surface area contributed by atoms with Gasteiger partial charge in [-0.25, -0.2) is 4.79 Å². The van der Waals surface area contributed by atoms with E-state index in [0.717, 1.165) is 49.6 Å². The van der Waals surface area contributed by atoms with Crippen LogP contribution in [0.2, 0.25) is 5.02 Å². The fourth-order valence-corrected chi connectivity index (χ4v) is 6.39. The summed E-state index contributed by atoms with van der Waals surface area (Å²) in [6.45, 7) is 2.53. The van der Waals surface area contributed by atoms with Crippen LogP contribution in [0, 0.1) is 12.8 Å². The van der Waals surface area contributed by atoms with Crippen molar-refractivity contribution in [1.29, 1.82) is 0 Å². The third-order valence-corrected chi connectivity index (χ3v) is 8.39. The van der Waals surface area contributed by atoms with E-state index in [1.165, 1.54) is 11.1 Å². The van der Waals surface area contributed by atoms with Gasteiger partial charge in [0.25, 0.3) is 5.91 Å². The molecule has 1 amide bonds. The van der Waals surface area contributed by atoms with E-state index in [1.54, 1.807) is 12.3 Å². The van der Waals surface area contributed by atoms with E-state index in [-0.39, 0.29) is 23.7 Å². The third-order valence-electron chi connectivity index (χ3n) is 8.18. The number of carbonyl (C=O) groups excluding carboxylic acids is 1. The van der Waals surface area contributed by atoms with Crippen molar-refractivity contribution < 1.29 is 4.79 Å². The lowest BCUT2D eigenvalue weighted by Gasteiger charge is -2.29. The minimum absolute atomic E-state index is 0.0957. The average Bonchev–Trinajstić information content (AvgIpc) is 3.45. The first-order valence-electron chi connectivity index (χ1n) is 13.2. The molecule has 2 aromatic heterocycles. The van der Waals surface area contributed by atoms with Crippen molar-refractivity contribution in [3.8, 4) is 0 Å². The van der Waals surface area contributed by atoms with Gasteiger partial charge in [-0.05, 0) is 80.7 Å². The summed E-state index contributed by atoms with van der Waals surface area (Å²) >= 11 is 6.05. The summed E-state index contributed by atoms with van der Waals surface area (Å²) in [4.78, 5) is 30.8. The molecule has 0 spiro atoms. The van der Waals surface area contributed by atoms with Crippen molar-refractivity contribution in [1.82, 2.24) is 19.4 Å². The second-order valence-corrected chi connectivity index (χ2v) is 11.0. The Hall–Kier alpha value is -3.38. The number of benzene rings is 2. The van der Waals surface area contributed by atoms with Gasteiger partial charge in [-0.2, -0.15) is 0 Å². The highest BCUT2D eigenvalue weighted by atomic mass is 35.5. The highest BCUT2D eigenvalue weighted by molar-refractivity contribution is 6.30. The van der Waals surface area contributed by atoms with Crippen LogP contribution in [0.3, 0.4) is 0 Å². The van der Waals surface area contributed by atoms with Crippen LogP contribution < -0.4 is 11.0 Å². The van der Waals surface area contributed by atoms with Gasteiger partial charge in [0.05, 0.1) is 27.3 Å². The number of halogens is 1. The van der Waals surface area contributed by atoms with Gasteiger partial charge >= 0.3 is 5.69 Å². The molecule has 7 heteroatoms. The van der Waals surface area contributed by atoms with Crippen LogP contribution in [0.1, 0.15) is 58.9 Å². The molecule has 190 valence electrons. The van der Waals surface area contributed by atoms with Gasteiger partial charge in [0.2, 0.25) is 0 Å². The molecule has 2 aliphatic carbocycles. The molecule has 0 atom stereocenters. The molecule has 2 aromatic carbocycles. The molecular weight excluding hydrogens is 484 g/mol. The molecule has 2 aliphatic rings. The van der Waals surface area contributed by atoms with Gasteiger partial charge in [-0.1, -0.05) is 48.0 Å². The first-order valence-corrected chi connectivity index (χ1v) is 13.6. The second kappa shape index (κ2) is 9.82. The van der Waals surface area contributed by atoms with Crippen molar-refractivity contribution in [3.63, 3.8) is 0 Å². The number of fused-ring (bicyclic) bond motifs is 2. The van der Waals surface area contributed by atoms with Crippen molar-refractivity contribution in [2.24, 2.45) is 5.92 Å². The highest BCUT2D eigenvalue weighted by Crippen LogP contribution is 2.32. The van der Waals surface area contributed by atoms with Gasteiger partial charge in [0.15, 0.2) is 0 Å². The van der Waals surface area contributed by atoms with Crippen molar-refractivity contribution in [2.45, 2.75) is 64.1 Å². The number of amides is 1. The molecule has 0 bridgehead atoms. The average molecular weight is 515 g/mol. The zero-order valence-electron chi connectivity index (χ0n) is 21.0. The van der Waals surface area contributed by atoms with E-state index >= 15 is 0 Å². The van der Waals surface area contributed by atoms with Crippen LogP contribution in [-0.4, -0.2) is 26.1 Å². The van der Waals surface area contributed by atoms with E-state index in [4.69, 9.17) is 11.6 Å². The number of hydrogen-bond donors (Lipinski definition) is 1. The minimum atomic E-state index is -0.118. The Balaban J connectivity index is 1.16. The first-order chi connectivity index (χ1) is 18.0. The van der Waals surface area contributed by atoms with E-state index in [9.17, 15) is 9.59 Å². The monoisotopic (exact) mass is 514 g/mol. The molecule has 0 radical (unpaired) electrons. The van der Waals surface area contributed by atoms with Crippen LogP contribution in [-0.2, 0) is 19.4 Å².